The molecule has 0 radical (unpaired) electrons. The van der Waals surface area contributed by atoms with Crippen molar-refractivity contribution < 1.29 is 4.79 Å². The van der Waals surface area contributed by atoms with Crippen molar-refractivity contribution in [2.45, 2.75) is 5.92 Å². The maximum Gasteiger partial charge on any atom is 0.331 e. The van der Waals surface area contributed by atoms with Gasteiger partial charge in [-0.1, -0.05) is 6.07 Å². The molecule has 3 rings (SSSR count). The summed E-state index contributed by atoms with van der Waals surface area (Å²) in [5, 5.41) is 0. The average molecular weight is 300 g/mol. The van der Waals surface area contributed by atoms with Gasteiger partial charge in [0.2, 0.25) is 0 Å². The zero-order chi connectivity index (χ0) is 15.9. The Morgan fingerprint density at radius 2 is 1.95 bits per heavy atom. The first-order valence-electron chi connectivity index (χ1n) is 6.95. The Balaban J connectivity index is 1.80. The fourth-order valence-electron chi connectivity index (χ4n) is 2.57. The van der Waals surface area contributed by atoms with E-state index in [2.05, 4.69) is 4.98 Å². The molecule has 1 fully saturated rings. The van der Waals surface area contributed by atoms with E-state index in [1.165, 1.54) is 24.7 Å². The fourth-order valence-corrected chi connectivity index (χ4v) is 2.57. The van der Waals surface area contributed by atoms with Crippen LogP contribution in [-0.2, 0) is 14.1 Å². The molecular formula is C15H16N4O3. The molecule has 0 aromatic carbocycles. The number of likely N-dealkylation sites (tertiary alicyclic amines) is 1. The average Bonchev–Trinajstić information content (AvgIpc) is 2.48. The van der Waals surface area contributed by atoms with Crippen molar-refractivity contribution in [3.63, 3.8) is 0 Å². The molecule has 3 heterocycles. The predicted octanol–water partition coefficient (Wildman–Crippen LogP) is -0.281. The van der Waals surface area contributed by atoms with Crippen molar-refractivity contribution in [3.8, 4) is 0 Å². The van der Waals surface area contributed by atoms with Crippen LogP contribution in [0.25, 0.3) is 0 Å². The Bertz CT molecular complexity index is 832. The number of rotatable bonds is 2. The third kappa shape index (κ3) is 2.24. The van der Waals surface area contributed by atoms with Crippen LogP contribution in [0.15, 0.2) is 40.2 Å². The van der Waals surface area contributed by atoms with Crippen LogP contribution in [0, 0.1) is 0 Å². The van der Waals surface area contributed by atoms with Crippen LogP contribution in [0.2, 0.25) is 0 Å². The molecule has 114 valence electrons. The maximum absolute atomic E-state index is 12.4. The standard InChI is InChI=1S/C15H16N4O3/c1-17-12(6-13(20)18(2)15(17)22)14(21)19-8-11(9-19)10-4-3-5-16-7-10/h3-7,11H,8-9H2,1-2H3. The van der Waals surface area contributed by atoms with Gasteiger partial charge in [0.1, 0.15) is 5.69 Å². The first kappa shape index (κ1) is 14.2. The lowest BCUT2D eigenvalue weighted by Crippen LogP contribution is -2.50. The lowest BCUT2D eigenvalue weighted by molar-refractivity contribution is 0.0589. The summed E-state index contributed by atoms with van der Waals surface area (Å²) in [5.74, 6) is -0.0429. The number of hydrogen-bond acceptors (Lipinski definition) is 4. The summed E-state index contributed by atoms with van der Waals surface area (Å²) >= 11 is 0. The molecule has 0 aliphatic carbocycles. The summed E-state index contributed by atoms with van der Waals surface area (Å²) in [6.07, 6.45) is 3.50. The van der Waals surface area contributed by atoms with Crippen molar-refractivity contribution in [3.05, 3.63) is 62.7 Å². The Kier molecular flexibility index (Phi) is 3.40. The van der Waals surface area contributed by atoms with Gasteiger partial charge < -0.3 is 4.90 Å². The van der Waals surface area contributed by atoms with Crippen molar-refractivity contribution in [1.82, 2.24) is 19.0 Å². The highest BCUT2D eigenvalue weighted by atomic mass is 16.2. The molecular weight excluding hydrogens is 284 g/mol. The molecule has 0 N–H and O–H groups in total. The van der Waals surface area contributed by atoms with E-state index in [1.54, 1.807) is 17.3 Å². The Morgan fingerprint density at radius 1 is 1.23 bits per heavy atom. The van der Waals surface area contributed by atoms with E-state index in [1.807, 2.05) is 12.1 Å². The number of aromatic nitrogens is 3. The van der Waals surface area contributed by atoms with Gasteiger partial charge in [-0.05, 0) is 11.6 Å². The third-order valence-electron chi connectivity index (χ3n) is 4.07. The molecule has 0 atom stereocenters. The number of pyridine rings is 1. The minimum atomic E-state index is -0.500. The van der Waals surface area contributed by atoms with Gasteiger partial charge in [0.25, 0.3) is 11.5 Å². The summed E-state index contributed by atoms with van der Waals surface area (Å²) in [6, 6.07) is 5.05. The van der Waals surface area contributed by atoms with E-state index in [0.717, 1.165) is 10.1 Å². The van der Waals surface area contributed by atoms with Crippen LogP contribution < -0.4 is 11.2 Å². The van der Waals surface area contributed by atoms with Gasteiger partial charge in [-0.25, -0.2) is 4.79 Å². The lowest BCUT2D eigenvalue weighted by Gasteiger charge is -2.39. The summed E-state index contributed by atoms with van der Waals surface area (Å²) in [6.45, 7) is 1.13. The largest absolute Gasteiger partial charge is 0.336 e. The zero-order valence-corrected chi connectivity index (χ0v) is 12.4. The molecule has 1 amide bonds. The van der Waals surface area contributed by atoms with Gasteiger partial charge in [0, 0.05) is 51.6 Å². The fraction of sp³-hybridized carbons (Fsp3) is 0.333. The van der Waals surface area contributed by atoms with Crippen molar-refractivity contribution in [1.29, 1.82) is 0 Å². The second-order valence-electron chi connectivity index (χ2n) is 5.46. The van der Waals surface area contributed by atoms with E-state index in [-0.39, 0.29) is 17.5 Å². The Labute approximate surface area is 126 Å². The quantitative estimate of drug-likeness (QED) is 0.764. The summed E-state index contributed by atoms with van der Waals surface area (Å²) in [7, 11) is 2.88. The molecule has 22 heavy (non-hydrogen) atoms. The number of carbonyl (C=O) groups excluding carboxylic acids is 1. The van der Waals surface area contributed by atoms with Crippen molar-refractivity contribution >= 4 is 5.91 Å². The number of hydrogen-bond donors (Lipinski definition) is 0. The molecule has 2 aromatic rings. The second kappa shape index (κ2) is 5.25. The number of carbonyl (C=O) groups is 1. The normalized spacial score (nSPS) is 14.7. The minimum absolute atomic E-state index is 0.123. The highest BCUT2D eigenvalue weighted by Crippen LogP contribution is 2.27. The van der Waals surface area contributed by atoms with E-state index in [9.17, 15) is 14.4 Å². The topological polar surface area (TPSA) is 77.2 Å². The van der Waals surface area contributed by atoms with Crippen LogP contribution in [-0.4, -0.2) is 38.0 Å². The van der Waals surface area contributed by atoms with Gasteiger partial charge in [-0.2, -0.15) is 0 Å². The van der Waals surface area contributed by atoms with Gasteiger partial charge in [0.15, 0.2) is 0 Å². The molecule has 0 saturated carbocycles. The number of nitrogens with zero attached hydrogens (tertiary/aromatic N) is 4. The summed E-state index contributed by atoms with van der Waals surface area (Å²) in [4.78, 5) is 41.7. The van der Waals surface area contributed by atoms with Crippen LogP contribution in [0.5, 0.6) is 0 Å². The van der Waals surface area contributed by atoms with Crippen LogP contribution in [0.1, 0.15) is 22.0 Å². The van der Waals surface area contributed by atoms with Crippen molar-refractivity contribution in [2.24, 2.45) is 14.1 Å². The lowest BCUT2D eigenvalue weighted by atomic mass is 9.92. The Hall–Kier alpha value is -2.70. The molecule has 0 unspecified atom stereocenters. The zero-order valence-electron chi connectivity index (χ0n) is 12.4. The van der Waals surface area contributed by atoms with Gasteiger partial charge in [-0.15, -0.1) is 0 Å². The number of amides is 1. The molecule has 0 spiro atoms. The molecule has 7 heteroatoms. The first-order chi connectivity index (χ1) is 10.5. The van der Waals surface area contributed by atoms with Crippen LogP contribution in [0.4, 0.5) is 0 Å². The first-order valence-corrected chi connectivity index (χ1v) is 6.95. The van der Waals surface area contributed by atoms with Gasteiger partial charge in [-0.3, -0.25) is 23.7 Å². The molecule has 0 bridgehead atoms. The smallest absolute Gasteiger partial charge is 0.331 e. The third-order valence-corrected chi connectivity index (χ3v) is 4.07. The Morgan fingerprint density at radius 3 is 2.59 bits per heavy atom. The predicted molar refractivity (Wildman–Crippen MR) is 79.8 cm³/mol. The summed E-state index contributed by atoms with van der Waals surface area (Å²) < 4.78 is 2.19. The molecule has 1 aliphatic rings. The van der Waals surface area contributed by atoms with Crippen molar-refractivity contribution in [2.75, 3.05) is 13.1 Å². The molecule has 1 aliphatic heterocycles. The highest BCUT2D eigenvalue weighted by molar-refractivity contribution is 5.93. The maximum atomic E-state index is 12.4. The van der Waals surface area contributed by atoms with E-state index < -0.39 is 11.2 Å². The highest BCUT2D eigenvalue weighted by Gasteiger charge is 2.33. The molecule has 2 aromatic heterocycles. The van der Waals surface area contributed by atoms with E-state index >= 15 is 0 Å². The second-order valence-corrected chi connectivity index (χ2v) is 5.46. The van der Waals surface area contributed by atoms with Gasteiger partial charge >= 0.3 is 5.69 Å². The monoisotopic (exact) mass is 300 g/mol. The molecule has 7 nitrogen and oxygen atoms in total. The van der Waals surface area contributed by atoms with Crippen LogP contribution >= 0.6 is 0 Å². The minimum Gasteiger partial charge on any atom is -0.336 e. The van der Waals surface area contributed by atoms with E-state index in [0.29, 0.717) is 13.1 Å². The molecule has 1 saturated heterocycles. The van der Waals surface area contributed by atoms with E-state index in [4.69, 9.17) is 0 Å². The SMILES string of the molecule is Cn1c(C(=O)N2CC(c3cccnc3)C2)cc(=O)n(C)c1=O. The summed E-state index contributed by atoms with van der Waals surface area (Å²) in [5.41, 5.74) is 0.234. The van der Waals surface area contributed by atoms with Crippen LogP contribution in [0.3, 0.4) is 0 Å². The van der Waals surface area contributed by atoms with Gasteiger partial charge in [0.05, 0.1) is 0 Å².